The quantitative estimate of drug-likeness (QED) is 0.262. The number of aromatic nitrogens is 2. The summed E-state index contributed by atoms with van der Waals surface area (Å²) in [7, 11) is 3.13. The Morgan fingerprint density at radius 1 is 1.00 bits per heavy atom. The number of rotatable bonds is 8. The van der Waals surface area contributed by atoms with Crippen molar-refractivity contribution in [3.63, 3.8) is 0 Å². The number of hydrogen-bond acceptors (Lipinski definition) is 11. The molecule has 5 rings (SSSR count). The van der Waals surface area contributed by atoms with Gasteiger partial charge in [-0.2, -0.15) is 0 Å². The standard InChI is InChI=1S/C31H33F2N3O10/c1-14-34-27-21(36(14)31-29(44-17(4)39)28(43-16(3)38)25(46-31)13-42-15(2)37)9-18(30(40)35(5)6)10-24(27)45-22-7-8-41-23-12-19(32)11-20(33)26(22)23/h9-12,22,25,28-29,31H,7-8,13H2,1-6H3/t22-,25+,28+,29+,31?/m0/s1. The van der Waals surface area contributed by atoms with Crippen LogP contribution in [0, 0.1) is 18.6 Å². The van der Waals surface area contributed by atoms with Crippen molar-refractivity contribution >= 4 is 34.8 Å². The fraction of sp³-hybridized carbons (Fsp3) is 0.452. The largest absolute Gasteiger partial charge is 0.493 e. The third-order valence-corrected chi connectivity index (χ3v) is 7.47. The molecule has 0 aliphatic carbocycles. The van der Waals surface area contributed by atoms with Gasteiger partial charge in [0.25, 0.3) is 5.91 Å². The Labute approximate surface area is 262 Å². The number of fused-ring (bicyclic) bond motifs is 2. The van der Waals surface area contributed by atoms with Gasteiger partial charge in [0.1, 0.15) is 53.3 Å². The number of carbonyl (C=O) groups excluding carboxylic acids is 4. The Bertz CT molecular complexity index is 1710. The summed E-state index contributed by atoms with van der Waals surface area (Å²) in [6, 6.07) is 4.84. The highest BCUT2D eigenvalue weighted by atomic mass is 19.1. The van der Waals surface area contributed by atoms with E-state index in [1.54, 1.807) is 31.7 Å². The molecule has 15 heteroatoms. The summed E-state index contributed by atoms with van der Waals surface area (Å²) in [4.78, 5) is 55.2. The number of aryl methyl sites for hydroxylation is 1. The van der Waals surface area contributed by atoms with Crippen molar-refractivity contribution in [3.05, 3.63) is 52.9 Å². The van der Waals surface area contributed by atoms with E-state index < -0.39 is 66.1 Å². The van der Waals surface area contributed by atoms with Crippen LogP contribution in [0.4, 0.5) is 8.78 Å². The summed E-state index contributed by atoms with van der Waals surface area (Å²) in [5.41, 5.74) is 0.758. The van der Waals surface area contributed by atoms with Crippen molar-refractivity contribution in [3.8, 4) is 11.5 Å². The molecule has 2 aliphatic heterocycles. The Morgan fingerprint density at radius 2 is 1.70 bits per heavy atom. The van der Waals surface area contributed by atoms with Crippen molar-refractivity contribution in [2.75, 3.05) is 27.3 Å². The minimum Gasteiger partial charge on any atom is -0.493 e. The molecule has 0 spiro atoms. The summed E-state index contributed by atoms with van der Waals surface area (Å²) in [5, 5.41) is 0. The molecule has 1 unspecified atom stereocenters. The molecule has 3 heterocycles. The molecule has 2 aromatic carbocycles. The number of ether oxygens (including phenoxy) is 6. The van der Waals surface area contributed by atoms with Crippen LogP contribution in [0.5, 0.6) is 11.5 Å². The lowest BCUT2D eigenvalue weighted by atomic mass is 10.0. The van der Waals surface area contributed by atoms with Crippen LogP contribution in [-0.2, 0) is 33.3 Å². The molecule has 246 valence electrons. The van der Waals surface area contributed by atoms with E-state index in [1.165, 1.54) is 31.7 Å². The third-order valence-electron chi connectivity index (χ3n) is 7.47. The smallest absolute Gasteiger partial charge is 0.303 e. The van der Waals surface area contributed by atoms with Gasteiger partial charge in [0, 0.05) is 59.0 Å². The summed E-state index contributed by atoms with van der Waals surface area (Å²) in [5.74, 6) is -3.60. The van der Waals surface area contributed by atoms with Crippen LogP contribution < -0.4 is 9.47 Å². The predicted octanol–water partition coefficient (Wildman–Crippen LogP) is 3.55. The first-order chi connectivity index (χ1) is 21.7. The molecule has 0 saturated carbocycles. The Morgan fingerprint density at radius 3 is 2.35 bits per heavy atom. The topological polar surface area (TPSA) is 145 Å². The zero-order chi connectivity index (χ0) is 33.4. The van der Waals surface area contributed by atoms with Gasteiger partial charge in [-0.3, -0.25) is 23.7 Å². The second kappa shape index (κ2) is 12.9. The number of amides is 1. The molecule has 1 fully saturated rings. The number of esters is 3. The van der Waals surface area contributed by atoms with E-state index in [-0.39, 0.29) is 47.8 Å². The van der Waals surface area contributed by atoms with E-state index in [9.17, 15) is 23.6 Å². The van der Waals surface area contributed by atoms with Gasteiger partial charge in [-0.1, -0.05) is 0 Å². The molecule has 0 radical (unpaired) electrons. The average Bonchev–Trinajstić information content (AvgIpc) is 3.46. The zero-order valence-electron chi connectivity index (χ0n) is 26.0. The summed E-state index contributed by atoms with van der Waals surface area (Å²) in [6.07, 6.45) is -5.30. The fourth-order valence-corrected chi connectivity index (χ4v) is 5.66. The highest BCUT2D eigenvalue weighted by molar-refractivity contribution is 5.99. The van der Waals surface area contributed by atoms with Gasteiger partial charge in [0.2, 0.25) is 0 Å². The summed E-state index contributed by atoms with van der Waals surface area (Å²) in [6.45, 7) is 4.99. The number of benzene rings is 2. The highest BCUT2D eigenvalue weighted by Gasteiger charge is 2.51. The fourth-order valence-electron chi connectivity index (χ4n) is 5.66. The minimum atomic E-state index is -1.22. The molecule has 1 amide bonds. The van der Waals surface area contributed by atoms with Crippen LogP contribution in [0.15, 0.2) is 24.3 Å². The Kier molecular flexibility index (Phi) is 9.15. The maximum Gasteiger partial charge on any atom is 0.303 e. The third kappa shape index (κ3) is 6.45. The van der Waals surface area contributed by atoms with Crippen LogP contribution in [0.2, 0.25) is 0 Å². The molecule has 0 bridgehead atoms. The van der Waals surface area contributed by atoms with Crippen LogP contribution in [0.1, 0.15) is 61.3 Å². The lowest BCUT2D eigenvalue weighted by Crippen LogP contribution is -2.40. The van der Waals surface area contributed by atoms with Gasteiger partial charge in [-0.15, -0.1) is 0 Å². The second-order valence-corrected chi connectivity index (χ2v) is 11.1. The van der Waals surface area contributed by atoms with Gasteiger partial charge in [-0.25, -0.2) is 13.8 Å². The average molecular weight is 646 g/mol. The van der Waals surface area contributed by atoms with Crippen molar-refractivity contribution in [2.24, 2.45) is 0 Å². The molecule has 5 atom stereocenters. The molecule has 0 N–H and O–H groups in total. The highest BCUT2D eigenvalue weighted by Crippen LogP contribution is 2.42. The molecule has 2 aliphatic rings. The first-order valence-electron chi connectivity index (χ1n) is 14.4. The van der Waals surface area contributed by atoms with E-state index in [1.807, 2.05) is 0 Å². The maximum absolute atomic E-state index is 15.0. The monoisotopic (exact) mass is 645 g/mol. The normalized spacial score (nSPS) is 22.0. The van der Waals surface area contributed by atoms with Crippen molar-refractivity contribution in [1.29, 1.82) is 0 Å². The summed E-state index contributed by atoms with van der Waals surface area (Å²) >= 11 is 0. The Hall–Kier alpha value is -4.79. The SMILES string of the molecule is CC(=O)OC[C@H]1OC(n2c(C)nc3c(O[C@H]4CCOc5cc(F)cc(F)c54)cc(C(=O)N(C)C)cc32)[C@H](OC(C)=O)[C@@H]1OC(C)=O. The lowest BCUT2D eigenvalue weighted by Gasteiger charge is -2.27. The van der Waals surface area contributed by atoms with Crippen molar-refractivity contribution < 1.29 is 56.4 Å². The van der Waals surface area contributed by atoms with Crippen molar-refractivity contribution in [1.82, 2.24) is 14.5 Å². The number of imidazole rings is 1. The molecule has 1 aromatic heterocycles. The molecule has 1 saturated heterocycles. The van der Waals surface area contributed by atoms with E-state index in [2.05, 4.69) is 4.98 Å². The van der Waals surface area contributed by atoms with Crippen LogP contribution in [0.3, 0.4) is 0 Å². The van der Waals surface area contributed by atoms with Gasteiger partial charge >= 0.3 is 17.9 Å². The second-order valence-electron chi connectivity index (χ2n) is 11.1. The predicted molar refractivity (Wildman–Crippen MR) is 154 cm³/mol. The molecule has 13 nitrogen and oxygen atoms in total. The number of halogens is 2. The lowest BCUT2D eigenvalue weighted by molar-refractivity contribution is -0.166. The summed E-state index contributed by atoms with van der Waals surface area (Å²) < 4.78 is 64.8. The first-order valence-corrected chi connectivity index (χ1v) is 14.4. The van der Waals surface area contributed by atoms with E-state index in [4.69, 9.17) is 28.4 Å². The first kappa shape index (κ1) is 32.6. The molecular formula is C31H33F2N3O10. The van der Waals surface area contributed by atoms with Gasteiger partial charge in [0.15, 0.2) is 18.4 Å². The van der Waals surface area contributed by atoms with E-state index in [0.29, 0.717) is 11.3 Å². The number of nitrogens with zero attached hydrogens (tertiary/aromatic N) is 3. The minimum absolute atomic E-state index is 0.00569. The molecule has 3 aromatic rings. The number of carbonyl (C=O) groups is 4. The number of hydrogen-bond donors (Lipinski definition) is 0. The van der Waals surface area contributed by atoms with Crippen molar-refractivity contribution in [2.45, 2.75) is 64.8 Å². The van der Waals surface area contributed by atoms with Gasteiger partial charge in [-0.05, 0) is 19.1 Å². The van der Waals surface area contributed by atoms with E-state index >= 15 is 4.39 Å². The Balaban J connectivity index is 1.65. The van der Waals surface area contributed by atoms with Gasteiger partial charge in [0.05, 0.1) is 17.7 Å². The van der Waals surface area contributed by atoms with Crippen LogP contribution >= 0.6 is 0 Å². The maximum atomic E-state index is 15.0. The van der Waals surface area contributed by atoms with Gasteiger partial charge < -0.3 is 33.3 Å². The van der Waals surface area contributed by atoms with Crippen LogP contribution in [0.25, 0.3) is 11.0 Å². The van der Waals surface area contributed by atoms with E-state index in [0.717, 1.165) is 12.1 Å². The zero-order valence-corrected chi connectivity index (χ0v) is 26.0. The molecule has 46 heavy (non-hydrogen) atoms. The van der Waals surface area contributed by atoms with Crippen LogP contribution in [-0.4, -0.2) is 83.9 Å². The molecular weight excluding hydrogens is 612 g/mol.